The van der Waals surface area contributed by atoms with Gasteiger partial charge in [0.05, 0.1) is 10.2 Å². The van der Waals surface area contributed by atoms with Gasteiger partial charge in [0.1, 0.15) is 0 Å². The molecular formula is C20H17N3S. The van der Waals surface area contributed by atoms with E-state index in [4.69, 9.17) is 0 Å². The lowest BCUT2D eigenvalue weighted by molar-refractivity contribution is 1.02. The first-order chi connectivity index (χ1) is 11.9. The van der Waals surface area contributed by atoms with E-state index in [-0.39, 0.29) is 0 Å². The fourth-order valence-corrected chi connectivity index (χ4v) is 3.61. The Bertz CT molecular complexity index is 933. The SMILES string of the molecule is c1ccc(CCNc2nc3ccc(-c4ccncc4)cc3s2)cc1. The van der Waals surface area contributed by atoms with Gasteiger partial charge >= 0.3 is 0 Å². The van der Waals surface area contributed by atoms with Crippen LogP contribution in [-0.2, 0) is 6.42 Å². The zero-order valence-corrected chi connectivity index (χ0v) is 14.0. The first-order valence-electron chi connectivity index (χ1n) is 7.97. The molecule has 2 aromatic carbocycles. The number of anilines is 1. The third-order valence-electron chi connectivity index (χ3n) is 3.93. The third kappa shape index (κ3) is 3.29. The molecule has 0 radical (unpaired) electrons. The largest absolute Gasteiger partial charge is 0.361 e. The molecule has 0 fully saturated rings. The average molecular weight is 331 g/mol. The summed E-state index contributed by atoms with van der Waals surface area (Å²) in [5, 5.41) is 4.42. The number of thiazole rings is 1. The van der Waals surface area contributed by atoms with E-state index in [1.165, 1.54) is 21.4 Å². The Kier molecular flexibility index (Phi) is 4.21. The molecule has 0 amide bonds. The maximum atomic E-state index is 4.67. The summed E-state index contributed by atoms with van der Waals surface area (Å²) in [5.41, 5.74) is 4.76. The monoisotopic (exact) mass is 331 g/mol. The van der Waals surface area contributed by atoms with E-state index in [0.29, 0.717) is 0 Å². The van der Waals surface area contributed by atoms with Gasteiger partial charge in [-0.1, -0.05) is 47.7 Å². The molecule has 2 aromatic heterocycles. The van der Waals surface area contributed by atoms with E-state index < -0.39 is 0 Å². The Hall–Kier alpha value is -2.72. The molecule has 0 saturated heterocycles. The highest BCUT2D eigenvalue weighted by Crippen LogP contribution is 2.30. The van der Waals surface area contributed by atoms with Crippen molar-refractivity contribution in [3.63, 3.8) is 0 Å². The Labute approximate surface area is 145 Å². The van der Waals surface area contributed by atoms with Crippen molar-refractivity contribution >= 4 is 26.7 Å². The summed E-state index contributed by atoms with van der Waals surface area (Å²) in [6.07, 6.45) is 4.64. The van der Waals surface area contributed by atoms with Gasteiger partial charge in [-0.2, -0.15) is 0 Å². The maximum absolute atomic E-state index is 4.67. The molecule has 0 aliphatic rings. The number of rotatable bonds is 5. The van der Waals surface area contributed by atoms with Crippen molar-refractivity contribution in [1.29, 1.82) is 0 Å². The molecule has 0 spiro atoms. The van der Waals surface area contributed by atoms with Gasteiger partial charge < -0.3 is 5.32 Å². The van der Waals surface area contributed by atoms with Crippen LogP contribution in [0.5, 0.6) is 0 Å². The highest BCUT2D eigenvalue weighted by atomic mass is 32.1. The van der Waals surface area contributed by atoms with Crippen LogP contribution < -0.4 is 5.32 Å². The Morgan fingerprint density at radius 2 is 1.71 bits per heavy atom. The van der Waals surface area contributed by atoms with Crippen molar-refractivity contribution in [2.45, 2.75) is 6.42 Å². The number of aromatic nitrogens is 2. The summed E-state index contributed by atoms with van der Waals surface area (Å²) in [6.45, 7) is 0.890. The van der Waals surface area contributed by atoms with Gasteiger partial charge in [-0.15, -0.1) is 0 Å². The second kappa shape index (κ2) is 6.81. The summed E-state index contributed by atoms with van der Waals surface area (Å²) < 4.78 is 1.20. The first kappa shape index (κ1) is 14.8. The summed E-state index contributed by atoms with van der Waals surface area (Å²) in [5.74, 6) is 0. The first-order valence-corrected chi connectivity index (χ1v) is 8.79. The Morgan fingerprint density at radius 3 is 2.54 bits per heavy atom. The van der Waals surface area contributed by atoms with Gasteiger partial charge in [0.25, 0.3) is 0 Å². The lowest BCUT2D eigenvalue weighted by Gasteiger charge is -2.02. The van der Waals surface area contributed by atoms with Gasteiger partial charge in [0, 0.05) is 18.9 Å². The van der Waals surface area contributed by atoms with E-state index in [1.54, 1.807) is 11.3 Å². The number of hydrogen-bond donors (Lipinski definition) is 1. The molecule has 0 saturated carbocycles. The predicted octanol–water partition coefficient (Wildman–Crippen LogP) is 5.01. The van der Waals surface area contributed by atoms with Crippen LogP contribution in [0.15, 0.2) is 73.1 Å². The summed E-state index contributed by atoms with van der Waals surface area (Å²) in [7, 11) is 0. The van der Waals surface area contributed by atoms with Crippen LogP contribution >= 0.6 is 11.3 Å². The molecule has 0 atom stereocenters. The van der Waals surface area contributed by atoms with Crippen LogP contribution in [0.1, 0.15) is 5.56 Å². The number of nitrogens with zero attached hydrogens (tertiary/aromatic N) is 2. The number of benzene rings is 2. The maximum Gasteiger partial charge on any atom is 0.183 e. The summed E-state index contributed by atoms with van der Waals surface area (Å²) in [4.78, 5) is 8.75. The Morgan fingerprint density at radius 1 is 0.875 bits per heavy atom. The van der Waals surface area contributed by atoms with E-state index in [1.807, 2.05) is 30.6 Å². The molecule has 4 aromatic rings. The third-order valence-corrected chi connectivity index (χ3v) is 4.91. The normalized spacial score (nSPS) is 10.8. The number of nitrogens with one attached hydrogen (secondary N) is 1. The zero-order valence-electron chi connectivity index (χ0n) is 13.1. The molecule has 0 unspecified atom stereocenters. The number of pyridine rings is 1. The molecule has 4 heteroatoms. The van der Waals surface area contributed by atoms with E-state index >= 15 is 0 Å². The molecule has 3 nitrogen and oxygen atoms in total. The zero-order chi connectivity index (χ0) is 16.2. The van der Waals surface area contributed by atoms with Gasteiger partial charge in [0.2, 0.25) is 0 Å². The molecule has 0 aliphatic heterocycles. The molecule has 24 heavy (non-hydrogen) atoms. The van der Waals surface area contributed by atoms with Gasteiger partial charge in [-0.25, -0.2) is 4.98 Å². The summed E-state index contributed by atoms with van der Waals surface area (Å²) in [6, 6.07) is 21.0. The Balaban J connectivity index is 1.49. The molecular weight excluding hydrogens is 314 g/mol. The van der Waals surface area contributed by atoms with Crippen molar-refractivity contribution in [1.82, 2.24) is 9.97 Å². The summed E-state index contributed by atoms with van der Waals surface area (Å²) >= 11 is 1.70. The van der Waals surface area contributed by atoms with Crippen LogP contribution in [-0.4, -0.2) is 16.5 Å². The average Bonchev–Trinajstić information content (AvgIpc) is 3.05. The van der Waals surface area contributed by atoms with E-state index in [9.17, 15) is 0 Å². The standard InChI is InChI=1S/C20H17N3S/c1-2-4-15(5-3-1)8-13-22-20-23-18-7-6-17(14-19(18)24-20)16-9-11-21-12-10-16/h1-7,9-12,14H,8,13H2,(H,22,23). The van der Waals surface area contributed by atoms with Crippen LogP contribution in [0, 0.1) is 0 Å². The highest BCUT2D eigenvalue weighted by molar-refractivity contribution is 7.22. The van der Waals surface area contributed by atoms with E-state index in [0.717, 1.165) is 23.6 Å². The predicted molar refractivity (Wildman–Crippen MR) is 101 cm³/mol. The van der Waals surface area contributed by atoms with Crippen molar-refractivity contribution < 1.29 is 0 Å². The second-order valence-electron chi connectivity index (χ2n) is 5.60. The quantitative estimate of drug-likeness (QED) is 0.558. The van der Waals surface area contributed by atoms with Crippen molar-refractivity contribution in [2.24, 2.45) is 0 Å². The number of hydrogen-bond acceptors (Lipinski definition) is 4. The van der Waals surface area contributed by atoms with Gasteiger partial charge in [-0.3, -0.25) is 4.98 Å². The smallest absolute Gasteiger partial charge is 0.183 e. The van der Waals surface area contributed by atoms with Crippen LogP contribution in [0.2, 0.25) is 0 Å². The lowest BCUT2D eigenvalue weighted by atomic mass is 10.1. The fourth-order valence-electron chi connectivity index (χ4n) is 2.68. The molecule has 118 valence electrons. The lowest BCUT2D eigenvalue weighted by Crippen LogP contribution is -2.04. The molecule has 0 bridgehead atoms. The van der Waals surface area contributed by atoms with Crippen LogP contribution in [0.3, 0.4) is 0 Å². The molecule has 2 heterocycles. The minimum absolute atomic E-state index is 0.890. The number of fused-ring (bicyclic) bond motifs is 1. The molecule has 1 N–H and O–H groups in total. The minimum atomic E-state index is 0.890. The van der Waals surface area contributed by atoms with Crippen LogP contribution in [0.4, 0.5) is 5.13 Å². The van der Waals surface area contributed by atoms with Gasteiger partial charge in [-0.05, 0) is 47.4 Å². The molecule has 4 rings (SSSR count). The van der Waals surface area contributed by atoms with Crippen LogP contribution in [0.25, 0.3) is 21.3 Å². The second-order valence-corrected chi connectivity index (χ2v) is 6.63. The van der Waals surface area contributed by atoms with Crippen molar-refractivity contribution in [3.05, 3.63) is 78.6 Å². The van der Waals surface area contributed by atoms with Crippen molar-refractivity contribution in [2.75, 3.05) is 11.9 Å². The molecule has 0 aliphatic carbocycles. The fraction of sp³-hybridized carbons (Fsp3) is 0.100. The van der Waals surface area contributed by atoms with E-state index in [2.05, 4.69) is 57.7 Å². The van der Waals surface area contributed by atoms with Crippen molar-refractivity contribution in [3.8, 4) is 11.1 Å². The topological polar surface area (TPSA) is 37.8 Å². The van der Waals surface area contributed by atoms with Gasteiger partial charge in [0.15, 0.2) is 5.13 Å². The minimum Gasteiger partial charge on any atom is -0.361 e. The highest BCUT2D eigenvalue weighted by Gasteiger charge is 2.05.